The van der Waals surface area contributed by atoms with E-state index in [2.05, 4.69) is 21.9 Å². The minimum absolute atomic E-state index is 0.109. The summed E-state index contributed by atoms with van der Waals surface area (Å²) in [4.78, 5) is 2.46. The molecule has 1 aromatic carbocycles. The molecule has 90 valence electrons. The highest BCUT2D eigenvalue weighted by Crippen LogP contribution is 2.30. The van der Waals surface area contributed by atoms with Gasteiger partial charge in [-0.15, -0.1) is 0 Å². The lowest BCUT2D eigenvalue weighted by Crippen LogP contribution is -2.05. The minimum atomic E-state index is -4.50. The first-order chi connectivity index (χ1) is 8.49. The number of hydrogen-bond donors (Lipinski definition) is 0. The van der Waals surface area contributed by atoms with Crippen molar-refractivity contribution in [2.45, 2.75) is 6.18 Å². The fourth-order valence-corrected chi connectivity index (χ4v) is 1.12. The Labute approximate surface area is 100 Å². The van der Waals surface area contributed by atoms with Gasteiger partial charge in [0.1, 0.15) is 6.07 Å². The number of nitrogens with zero attached hydrogens (tertiary/aromatic N) is 4. The van der Waals surface area contributed by atoms with Gasteiger partial charge in [-0.05, 0) is 23.7 Å². The molecule has 0 aliphatic heterocycles. The van der Waals surface area contributed by atoms with Gasteiger partial charge in [-0.1, -0.05) is 17.0 Å². The fourth-order valence-electron chi connectivity index (χ4n) is 1.12. The van der Waals surface area contributed by atoms with Gasteiger partial charge in [0.2, 0.25) is 0 Å². The van der Waals surface area contributed by atoms with Gasteiger partial charge in [0.05, 0.1) is 17.7 Å². The molecule has 0 heterocycles. The molecule has 0 radical (unpaired) electrons. The van der Waals surface area contributed by atoms with Gasteiger partial charge in [-0.25, -0.2) is 0 Å². The van der Waals surface area contributed by atoms with Crippen LogP contribution in [-0.2, 0) is 6.18 Å². The van der Waals surface area contributed by atoms with Crippen LogP contribution in [0.5, 0.6) is 0 Å². The Kier molecular flexibility index (Phi) is 4.20. The summed E-state index contributed by atoms with van der Waals surface area (Å²) in [6.07, 6.45) is -4.50. The Bertz CT molecular complexity index is 595. The van der Waals surface area contributed by atoms with Crippen LogP contribution in [0.4, 0.5) is 13.2 Å². The summed E-state index contributed by atoms with van der Waals surface area (Å²) < 4.78 is 37.2. The summed E-state index contributed by atoms with van der Waals surface area (Å²) in [5.41, 5.74) is 7.10. The monoisotopic (exact) mass is 250 g/mol. The molecule has 0 bridgehead atoms. The topological polar surface area (TPSA) is 72.5 Å². The molecule has 7 heteroatoms. The second-order valence-electron chi connectivity index (χ2n) is 3.06. The Morgan fingerprint density at radius 2 is 2.06 bits per heavy atom. The molecule has 1 rings (SSSR count). The van der Waals surface area contributed by atoms with Crippen molar-refractivity contribution in [2.75, 3.05) is 6.54 Å². The van der Waals surface area contributed by atoms with Crippen LogP contribution < -0.4 is 0 Å². The van der Waals surface area contributed by atoms with Crippen LogP contribution in [0.1, 0.15) is 16.7 Å². The molecule has 0 aromatic heterocycles. The molecule has 18 heavy (non-hydrogen) atoms. The Balaban J connectivity index is 3.12. The first-order valence-corrected chi connectivity index (χ1v) is 4.60. The van der Waals surface area contributed by atoms with Gasteiger partial charge in [0.15, 0.2) is 0 Å². The lowest BCUT2D eigenvalue weighted by atomic mass is 10.0. The zero-order valence-electron chi connectivity index (χ0n) is 8.86. The van der Waals surface area contributed by atoms with Crippen molar-refractivity contribution in [3.63, 3.8) is 0 Å². The second kappa shape index (κ2) is 5.62. The van der Waals surface area contributed by atoms with Gasteiger partial charge in [-0.3, -0.25) is 0 Å². The maximum Gasteiger partial charge on any atom is 0.416 e. The first-order valence-electron chi connectivity index (χ1n) is 4.60. The molecule has 0 atom stereocenters. The van der Waals surface area contributed by atoms with E-state index in [1.807, 2.05) is 0 Å². The van der Waals surface area contributed by atoms with Crippen LogP contribution >= 0.6 is 0 Å². The molecule has 0 saturated carbocycles. The highest BCUT2D eigenvalue weighted by atomic mass is 19.4. The zero-order valence-corrected chi connectivity index (χ0v) is 8.86. The molecular formula is C11H5F3N4. The Morgan fingerprint density at radius 3 is 2.61 bits per heavy atom. The van der Waals surface area contributed by atoms with E-state index >= 15 is 0 Å². The number of rotatable bonds is 1. The van der Waals surface area contributed by atoms with E-state index in [0.29, 0.717) is 0 Å². The zero-order chi connectivity index (χ0) is 13.6. The quantitative estimate of drug-likeness (QED) is 0.326. The molecule has 1 aromatic rings. The van der Waals surface area contributed by atoms with Crippen molar-refractivity contribution in [2.24, 2.45) is 5.11 Å². The van der Waals surface area contributed by atoms with E-state index in [-0.39, 0.29) is 17.7 Å². The molecule has 0 spiro atoms. The van der Waals surface area contributed by atoms with Gasteiger partial charge in [0, 0.05) is 10.5 Å². The molecule has 0 aliphatic rings. The molecule has 0 N–H and O–H groups in total. The number of benzene rings is 1. The molecule has 0 fully saturated rings. The predicted octanol–water partition coefficient (Wildman–Crippen LogP) is 3.24. The summed E-state index contributed by atoms with van der Waals surface area (Å²) in [6.45, 7) is -0.109. The normalized spacial score (nSPS) is 9.67. The summed E-state index contributed by atoms with van der Waals surface area (Å²) >= 11 is 0. The minimum Gasteiger partial charge on any atom is -0.192 e. The van der Waals surface area contributed by atoms with E-state index in [0.717, 1.165) is 18.2 Å². The number of nitriles is 1. The van der Waals surface area contributed by atoms with Crippen molar-refractivity contribution in [1.82, 2.24) is 0 Å². The fraction of sp³-hybridized carbons (Fsp3) is 0.182. The summed E-state index contributed by atoms with van der Waals surface area (Å²) in [5.74, 6) is 4.91. The summed E-state index contributed by atoms with van der Waals surface area (Å²) in [6, 6.07) is 4.34. The van der Waals surface area contributed by atoms with Gasteiger partial charge in [-0.2, -0.15) is 18.4 Å². The first kappa shape index (κ1) is 13.4. The molecule has 0 saturated heterocycles. The molecule has 0 unspecified atom stereocenters. The third-order valence-electron chi connectivity index (χ3n) is 1.90. The molecule has 0 aliphatic carbocycles. The SMILES string of the molecule is N#Cc1cc(C(F)(F)F)ccc1C#CCN=[N+]=[N-]. The van der Waals surface area contributed by atoms with E-state index in [9.17, 15) is 13.2 Å². The van der Waals surface area contributed by atoms with Crippen LogP contribution in [0.2, 0.25) is 0 Å². The van der Waals surface area contributed by atoms with E-state index < -0.39 is 11.7 Å². The average molecular weight is 250 g/mol. The van der Waals surface area contributed by atoms with E-state index in [1.54, 1.807) is 6.07 Å². The maximum absolute atomic E-state index is 12.4. The van der Waals surface area contributed by atoms with Crippen LogP contribution in [0, 0.1) is 23.2 Å². The largest absolute Gasteiger partial charge is 0.416 e. The van der Waals surface area contributed by atoms with Gasteiger partial charge >= 0.3 is 6.18 Å². The predicted molar refractivity (Wildman–Crippen MR) is 57.1 cm³/mol. The van der Waals surface area contributed by atoms with E-state index in [1.165, 1.54) is 0 Å². The standard InChI is InChI=1S/C11H5F3N4/c12-11(13,14)10-4-3-8(9(6-10)7-15)2-1-5-17-18-16/h3-4,6H,5H2. The number of hydrogen-bond acceptors (Lipinski definition) is 2. The molecule has 4 nitrogen and oxygen atoms in total. The van der Waals surface area contributed by atoms with Crippen LogP contribution in [0.3, 0.4) is 0 Å². The highest BCUT2D eigenvalue weighted by molar-refractivity contribution is 5.50. The van der Waals surface area contributed by atoms with Crippen molar-refractivity contribution in [1.29, 1.82) is 5.26 Å². The number of azide groups is 1. The van der Waals surface area contributed by atoms with Crippen molar-refractivity contribution in [3.05, 3.63) is 45.3 Å². The van der Waals surface area contributed by atoms with Gasteiger partial charge < -0.3 is 0 Å². The third kappa shape index (κ3) is 3.44. The molecule has 0 amide bonds. The summed E-state index contributed by atoms with van der Waals surface area (Å²) in [5, 5.41) is 11.9. The number of halogens is 3. The van der Waals surface area contributed by atoms with Crippen molar-refractivity contribution in [3.8, 4) is 17.9 Å². The summed E-state index contributed by atoms with van der Waals surface area (Å²) in [7, 11) is 0. The van der Waals surface area contributed by atoms with Crippen LogP contribution in [0.25, 0.3) is 10.4 Å². The van der Waals surface area contributed by atoms with Crippen molar-refractivity contribution < 1.29 is 13.2 Å². The average Bonchev–Trinajstić information content (AvgIpc) is 2.33. The molecular weight excluding hydrogens is 245 g/mol. The Morgan fingerprint density at radius 1 is 1.33 bits per heavy atom. The Hall–Kier alpha value is -2.63. The van der Waals surface area contributed by atoms with Crippen LogP contribution in [-0.4, -0.2) is 6.54 Å². The number of alkyl halides is 3. The highest BCUT2D eigenvalue weighted by Gasteiger charge is 2.30. The third-order valence-corrected chi connectivity index (χ3v) is 1.90. The van der Waals surface area contributed by atoms with E-state index in [4.69, 9.17) is 10.8 Å². The lowest BCUT2D eigenvalue weighted by molar-refractivity contribution is -0.137. The second-order valence-corrected chi connectivity index (χ2v) is 3.06. The lowest BCUT2D eigenvalue weighted by Gasteiger charge is -2.06. The van der Waals surface area contributed by atoms with Crippen LogP contribution in [0.15, 0.2) is 23.3 Å². The maximum atomic E-state index is 12.4. The van der Waals surface area contributed by atoms with Gasteiger partial charge in [0.25, 0.3) is 0 Å². The smallest absolute Gasteiger partial charge is 0.192 e. The van der Waals surface area contributed by atoms with Crippen molar-refractivity contribution >= 4 is 0 Å².